The van der Waals surface area contributed by atoms with Crippen LogP contribution in [0.5, 0.6) is 0 Å². The fraction of sp³-hybridized carbons (Fsp3) is 0.333. The third kappa shape index (κ3) is 3.01. The zero-order valence-corrected chi connectivity index (χ0v) is 12.9. The molecule has 1 fully saturated rings. The van der Waals surface area contributed by atoms with E-state index in [9.17, 15) is 4.79 Å². The second-order valence-electron chi connectivity index (χ2n) is 5.01. The normalized spacial score (nSPS) is 18.9. The monoisotopic (exact) mass is 350 g/mol. The van der Waals surface area contributed by atoms with Crippen LogP contribution in [0.3, 0.4) is 0 Å². The van der Waals surface area contributed by atoms with Crippen LogP contribution in [0, 0.1) is 0 Å². The number of aromatic nitrogens is 1. The average molecular weight is 351 g/mol. The van der Waals surface area contributed by atoms with Crippen LogP contribution in [-0.2, 0) is 9.53 Å². The van der Waals surface area contributed by atoms with Gasteiger partial charge < -0.3 is 14.7 Å². The van der Waals surface area contributed by atoms with Gasteiger partial charge in [-0.3, -0.25) is 4.79 Å². The molecule has 2 aromatic rings. The van der Waals surface area contributed by atoms with Crippen molar-refractivity contribution in [3.8, 4) is 0 Å². The maximum atomic E-state index is 10.8. The number of carbonyl (C=O) groups is 1. The van der Waals surface area contributed by atoms with E-state index in [1.54, 1.807) is 6.20 Å². The molecule has 1 unspecified atom stereocenters. The van der Waals surface area contributed by atoms with Crippen LogP contribution in [-0.4, -0.2) is 41.9 Å². The van der Waals surface area contributed by atoms with Gasteiger partial charge in [0, 0.05) is 34.5 Å². The first-order valence-corrected chi connectivity index (χ1v) is 7.56. The lowest BCUT2D eigenvalue weighted by atomic mass is 10.1. The first kappa shape index (κ1) is 14.3. The molecule has 1 saturated heterocycles. The van der Waals surface area contributed by atoms with E-state index >= 15 is 0 Å². The predicted octanol–water partition coefficient (Wildman–Crippen LogP) is 2.68. The SMILES string of the molecule is O=C(O)CC1CN(c2nccc3c(Br)cccc23)CCO1. The molecule has 1 aromatic heterocycles. The molecule has 21 heavy (non-hydrogen) atoms. The smallest absolute Gasteiger partial charge is 0.306 e. The Bertz CT molecular complexity index is 677. The van der Waals surface area contributed by atoms with Crippen molar-refractivity contribution in [3.05, 3.63) is 34.9 Å². The molecular formula is C15H15BrN2O3. The summed E-state index contributed by atoms with van der Waals surface area (Å²) in [6.45, 7) is 1.78. The van der Waals surface area contributed by atoms with Gasteiger partial charge in [-0.1, -0.05) is 28.1 Å². The van der Waals surface area contributed by atoms with E-state index in [1.807, 2.05) is 24.3 Å². The number of carboxylic acid groups (broad SMARTS) is 1. The summed E-state index contributed by atoms with van der Waals surface area (Å²) < 4.78 is 6.54. The van der Waals surface area contributed by atoms with Crippen LogP contribution in [0.1, 0.15) is 6.42 Å². The van der Waals surface area contributed by atoms with E-state index < -0.39 is 5.97 Å². The number of hydrogen-bond acceptors (Lipinski definition) is 4. The van der Waals surface area contributed by atoms with E-state index in [1.165, 1.54) is 0 Å². The number of pyridine rings is 1. The molecular weight excluding hydrogens is 336 g/mol. The highest BCUT2D eigenvalue weighted by atomic mass is 79.9. The van der Waals surface area contributed by atoms with Crippen molar-refractivity contribution < 1.29 is 14.6 Å². The number of nitrogens with zero attached hydrogens (tertiary/aromatic N) is 2. The van der Waals surface area contributed by atoms with Crippen LogP contribution in [0.15, 0.2) is 34.9 Å². The molecule has 1 aliphatic rings. The number of benzene rings is 1. The second kappa shape index (κ2) is 5.99. The Morgan fingerprint density at radius 1 is 1.43 bits per heavy atom. The molecule has 0 bridgehead atoms. The Kier molecular flexibility index (Phi) is 4.07. The standard InChI is InChI=1S/C15H15BrN2O3/c16-13-3-1-2-12-11(13)4-5-17-15(12)18-6-7-21-10(9-18)8-14(19)20/h1-5,10H,6-9H2,(H,19,20). The Morgan fingerprint density at radius 3 is 3.10 bits per heavy atom. The number of carboxylic acids is 1. The van der Waals surface area contributed by atoms with Gasteiger partial charge >= 0.3 is 5.97 Å². The number of anilines is 1. The Balaban J connectivity index is 1.93. The summed E-state index contributed by atoms with van der Waals surface area (Å²) in [6.07, 6.45) is 1.51. The van der Waals surface area contributed by atoms with Crippen LogP contribution in [0.4, 0.5) is 5.82 Å². The highest BCUT2D eigenvalue weighted by Crippen LogP contribution is 2.30. The molecule has 1 N–H and O–H groups in total. The number of halogens is 1. The molecule has 5 nitrogen and oxygen atoms in total. The summed E-state index contributed by atoms with van der Waals surface area (Å²) in [5.74, 6) is 0.0444. The summed E-state index contributed by atoms with van der Waals surface area (Å²) in [4.78, 5) is 17.4. The highest BCUT2D eigenvalue weighted by molar-refractivity contribution is 9.10. The van der Waals surface area contributed by atoms with Gasteiger partial charge in [-0.15, -0.1) is 0 Å². The van der Waals surface area contributed by atoms with Crippen molar-refractivity contribution in [2.24, 2.45) is 0 Å². The maximum Gasteiger partial charge on any atom is 0.306 e. The molecule has 3 rings (SSSR count). The lowest BCUT2D eigenvalue weighted by Gasteiger charge is -2.33. The number of aliphatic carboxylic acids is 1. The van der Waals surface area contributed by atoms with E-state index in [0.29, 0.717) is 13.2 Å². The molecule has 110 valence electrons. The van der Waals surface area contributed by atoms with Crippen LogP contribution in [0.2, 0.25) is 0 Å². The average Bonchev–Trinajstić information content (AvgIpc) is 2.47. The van der Waals surface area contributed by atoms with Crippen molar-refractivity contribution in [2.45, 2.75) is 12.5 Å². The topological polar surface area (TPSA) is 62.7 Å². The quantitative estimate of drug-likeness (QED) is 0.921. The second-order valence-corrected chi connectivity index (χ2v) is 5.86. The molecule has 0 aliphatic carbocycles. The Morgan fingerprint density at radius 2 is 2.29 bits per heavy atom. The van der Waals surface area contributed by atoms with Gasteiger partial charge in [-0.2, -0.15) is 0 Å². The largest absolute Gasteiger partial charge is 0.481 e. The van der Waals surface area contributed by atoms with Crippen molar-refractivity contribution >= 4 is 38.5 Å². The third-order valence-corrected chi connectivity index (χ3v) is 4.26. The summed E-state index contributed by atoms with van der Waals surface area (Å²) in [5, 5.41) is 11.1. The lowest BCUT2D eigenvalue weighted by molar-refractivity contribution is -0.140. The van der Waals surface area contributed by atoms with Crippen LogP contribution < -0.4 is 4.90 Å². The van der Waals surface area contributed by atoms with Crippen molar-refractivity contribution in [2.75, 3.05) is 24.6 Å². The fourth-order valence-electron chi connectivity index (χ4n) is 2.64. The summed E-state index contributed by atoms with van der Waals surface area (Å²) in [7, 11) is 0. The highest BCUT2D eigenvalue weighted by Gasteiger charge is 2.24. The molecule has 0 saturated carbocycles. The molecule has 2 heterocycles. The molecule has 0 spiro atoms. The number of morpholine rings is 1. The van der Waals surface area contributed by atoms with E-state index in [0.717, 1.165) is 27.6 Å². The lowest BCUT2D eigenvalue weighted by Crippen LogP contribution is -2.43. The zero-order chi connectivity index (χ0) is 14.8. The molecule has 1 aromatic carbocycles. The van der Waals surface area contributed by atoms with Crippen molar-refractivity contribution in [1.29, 1.82) is 0 Å². The van der Waals surface area contributed by atoms with Gasteiger partial charge in [0.05, 0.1) is 19.1 Å². The molecule has 1 aliphatic heterocycles. The number of fused-ring (bicyclic) bond motifs is 1. The van der Waals surface area contributed by atoms with Crippen LogP contribution in [0.25, 0.3) is 10.8 Å². The Labute approximate surface area is 130 Å². The van der Waals surface area contributed by atoms with E-state index in [4.69, 9.17) is 9.84 Å². The van der Waals surface area contributed by atoms with Crippen molar-refractivity contribution in [1.82, 2.24) is 4.98 Å². The predicted molar refractivity (Wildman–Crippen MR) is 83.6 cm³/mol. The van der Waals surface area contributed by atoms with Gasteiger partial charge in [-0.25, -0.2) is 4.98 Å². The first-order chi connectivity index (χ1) is 10.1. The fourth-order valence-corrected chi connectivity index (χ4v) is 3.13. The van der Waals surface area contributed by atoms with Gasteiger partial charge in [0.1, 0.15) is 5.82 Å². The van der Waals surface area contributed by atoms with Gasteiger partial charge in [0.25, 0.3) is 0 Å². The maximum absolute atomic E-state index is 10.8. The zero-order valence-electron chi connectivity index (χ0n) is 11.3. The minimum absolute atomic E-state index is 0.0188. The van der Waals surface area contributed by atoms with Crippen molar-refractivity contribution in [3.63, 3.8) is 0 Å². The summed E-state index contributed by atoms with van der Waals surface area (Å²) >= 11 is 3.55. The molecule has 6 heteroatoms. The van der Waals surface area contributed by atoms with Gasteiger partial charge in [0.2, 0.25) is 0 Å². The van der Waals surface area contributed by atoms with Gasteiger partial charge in [0.15, 0.2) is 0 Å². The van der Waals surface area contributed by atoms with Gasteiger partial charge in [-0.05, 0) is 12.1 Å². The van der Waals surface area contributed by atoms with E-state index in [-0.39, 0.29) is 12.5 Å². The minimum Gasteiger partial charge on any atom is -0.481 e. The van der Waals surface area contributed by atoms with Crippen LogP contribution >= 0.6 is 15.9 Å². The Hall–Kier alpha value is -1.66. The first-order valence-electron chi connectivity index (χ1n) is 6.77. The molecule has 0 radical (unpaired) electrons. The summed E-state index contributed by atoms with van der Waals surface area (Å²) in [6, 6.07) is 7.98. The molecule has 0 amide bonds. The number of hydrogen-bond donors (Lipinski definition) is 1. The minimum atomic E-state index is -0.838. The number of ether oxygens (including phenoxy) is 1. The van der Waals surface area contributed by atoms with E-state index in [2.05, 4.69) is 25.8 Å². The summed E-state index contributed by atoms with van der Waals surface area (Å²) in [5.41, 5.74) is 0. The molecule has 1 atom stereocenters. The number of rotatable bonds is 3. The third-order valence-electron chi connectivity index (χ3n) is 3.57.